The van der Waals surface area contributed by atoms with Crippen molar-refractivity contribution in [2.75, 3.05) is 26.0 Å². The molecule has 3 rings (SSSR count). The molecular formula is C17H20N4O2. The van der Waals surface area contributed by atoms with E-state index in [0.29, 0.717) is 11.4 Å². The van der Waals surface area contributed by atoms with Crippen molar-refractivity contribution in [1.29, 1.82) is 0 Å². The fourth-order valence-corrected chi connectivity index (χ4v) is 2.94. The molecule has 1 saturated heterocycles. The van der Waals surface area contributed by atoms with Gasteiger partial charge in [-0.15, -0.1) is 0 Å². The molecule has 0 unspecified atom stereocenters. The minimum absolute atomic E-state index is 0.00507. The van der Waals surface area contributed by atoms with Crippen LogP contribution in [0.5, 0.6) is 5.88 Å². The Morgan fingerprint density at radius 3 is 2.91 bits per heavy atom. The van der Waals surface area contributed by atoms with Crippen molar-refractivity contribution in [1.82, 2.24) is 14.9 Å². The number of nitrogens with zero attached hydrogens (tertiary/aromatic N) is 3. The summed E-state index contributed by atoms with van der Waals surface area (Å²) >= 11 is 0. The Labute approximate surface area is 135 Å². The van der Waals surface area contributed by atoms with Gasteiger partial charge in [-0.2, -0.15) is 0 Å². The highest BCUT2D eigenvalue weighted by Gasteiger charge is 2.30. The quantitative estimate of drug-likeness (QED) is 0.939. The van der Waals surface area contributed by atoms with E-state index in [9.17, 15) is 4.79 Å². The first kappa shape index (κ1) is 15.3. The number of ether oxygens (including phenoxy) is 1. The topological polar surface area (TPSA) is 67.4 Å². The zero-order chi connectivity index (χ0) is 16.2. The number of nitrogens with one attached hydrogen (secondary N) is 1. The lowest BCUT2D eigenvalue weighted by molar-refractivity contribution is 0.0735. The van der Waals surface area contributed by atoms with Crippen molar-refractivity contribution >= 4 is 11.7 Å². The van der Waals surface area contributed by atoms with Gasteiger partial charge in [0.05, 0.1) is 18.7 Å². The number of pyridine rings is 2. The molecule has 23 heavy (non-hydrogen) atoms. The van der Waals surface area contributed by atoms with Gasteiger partial charge in [0.1, 0.15) is 5.82 Å². The maximum absolute atomic E-state index is 12.8. The number of carbonyl (C=O) groups is 1. The molecule has 1 fully saturated rings. The molecule has 1 atom stereocenters. The van der Waals surface area contributed by atoms with Crippen LogP contribution in [-0.4, -0.2) is 41.5 Å². The van der Waals surface area contributed by atoms with Crippen LogP contribution in [0.4, 0.5) is 5.82 Å². The molecule has 0 bridgehead atoms. The van der Waals surface area contributed by atoms with Gasteiger partial charge in [-0.3, -0.25) is 4.79 Å². The number of methoxy groups -OCH3 is 1. The fourth-order valence-electron chi connectivity index (χ4n) is 2.94. The molecule has 120 valence electrons. The lowest BCUT2D eigenvalue weighted by Crippen LogP contribution is -2.30. The lowest BCUT2D eigenvalue weighted by Gasteiger charge is -2.25. The van der Waals surface area contributed by atoms with Gasteiger partial charge in [-0.1, -0.05) is 0 Å². The van der Waals surface area contributed by atoms with Crippen LogP contribution < -0.4 is 10.1 Å². The summed E-state index contributed by atoms with van der Waals surface area (Å²) in [5.41, 5.74) is 1.69. The minimum Gasteiger partial charge on any atom is -0.481 e. The number of rotatable bonds is 4. The molecule has 1 aliphatic heterocycles. The van der Waals surface area contributed by atoms with Gasteiger partial charge < -0.3 is 15.0 Å². The van der Waals surface area contributed by atoms with E-state index in [2.05, 4.69) is 15.3 Å². The normalized spacial score (nSPS) is 17.1. The summed E-state index contributed by atoms with van der Waals surface area (Å²) in [6.07, 6.45) is 5.30. The molecule has 0 radical (unpaired) electrons. The van der Waals surface area contributed by atoms with Gasteiger partial charge in [0.25, 0.3) is 5.91 Å². The summed E-state index contributed by atoms with van der Waals surface area (Å²) in [4.78, 5) is 23.1. The van der Waals surface area contributed by atoms with E-state index in [0.717, 1.165) is 30.8 Å². The van der Waals surface area contributed by atoms with Crippen LogP contribution >= 0.6 is 0 Å². The largest absolute Gasteiger partial charge is 0.481 e. The molecule has 2 aromatic heterocycles. The predicted octanol–water partition coefficient (Wildman–Crippen LogP) is 2.50. The van der Waals surface area contributed by atoms with E-state index in [1.807, 2.05) is 24.1 Å². The smallest absolute Gasteiger partial charge is 0.255 e. The average molecular weight is 312 g/mol. The molecule has 2 aromatic rings. The summed E-state index contributed by atoms with van der Waals surface area (Å²) in [5, 5.41) is 3.04. The summed E-state index contributed by atoms with van der Waals surface area (Å²) in [6.45, 7) is 0.757. The first-order chi connectivity index (χ1) is 11.2. The molecule has 3 heterocycles. The number of hydrogen-bond acceptors (Lipinski definition) is 5. The maximum atomic E-state index is 12.8. The Kier molecular flexibility index (Phi) is 4.41. The Morgan fingerprint density at radius 1 is 1.35 bits per heavy atom. The van der Waals surface area contributed by atoms with E-state index in [-0.39, 0.29) is 11.9 Å². The second kappa shape index (κ2) is 6.64. The monoisotopic (exact) mass is 312 g/mol. The van der Waals surface area contributed by atoms with Crippen molar-refractivity contribution in [3.8, 4) is 5.88 Å². The summed E-state index contributed by atoms with van der Waals surface area (Å²) in [5.74, 6) is 1.32. The van der Waals surface area contributed by atoms with Crippen molar-refractivity contribution in [3.63, 3.8) is 0 Å². The second-order valence-electron chi connectivity index (χ2n) is 5.47. The van der Waals surface area contributed by atoms with Gasteiger partial charge in [-0.25, -0.2) is 9.97 Å². The van der Waals surface area contributed by atoms with E-state index < -0.39 is 0 Å². The average Bonchev–Trinajstić information content (AvgIpc) is 3.11. The molecule has 1 amide bonds. The van der Waals surface area contributed by atoms with Gasteiger partial charge in [0.2, 0.25) is 5.88 Å². The Balaban J connectivity index is 1.83. The van der Waals surface area contributed by atoms with Gasteiger partial charge in [0, 0.05) is 32.1 Å². The first-order valence-corrected chi connectivity index (χ1v) is 7.67. The Hall–Kier alpha value is -2.63. The summed E-state index contributed by atoms with van der Waals surface area (Å²) < 4.78 is 5.04. The van der Waals surface area contributed by atoms with Crippen LogP contribution in [0.2, 0.25) is 0 Å². The second-order valence-corrected chi connectivity index (χ2v) is 5.47. The van der Waals surface area contributed by atoms with E-state index in [4.69, 9.17) is 4.74 Å². The summed E-state index contributed by atoms with van der Waals surface area (Å²) in [7, 11) is 3.40. The van der Waals surface area contributed by atoms with Crippen molar-refractivity contribution in [3.05, 3.63) is 47.8 Å². The number of likely N-dealkylation sites (tertiary alicyclic amines) is 1. The molecule has 1 N–H and O–H groups in total. The zero-order valence-corrected chi connectivity index (χ0v) is 13.3. The van der Waals surface area contributed by atoms with Crippen molar-refractivity contribution < 1.29 is 9.53 Å². The van der Waals surface area contributed by atoms with E-state index >= 15 is 0 Å². The van der Waals surface area contributed by atoms with Crippen LogP contribution in [0.3, 0.4) is 0 Å². The standard InChI is InChI=1S/C17H20N4O2/c1-18-15-10-12(7-8-19-15)14-4-3-9-21(14)17(22)13-5-6-16(23-2)20-11-13/h5-8,10-11,14H,3-4,9H2,1-2H3,(H,18,19)/t14-/m0/s1. The summed E-state index contributed by atoms with van der Waals surface area (Å²) in [6, 6.07) is 7.53. The third-order valence-corrected chi connectivity index (χ3v) is 4.13. The van der Waals surface area contributed by atoms with Crippen LogP contribution in [-0.2, 0) is 0 Å². The van der Waals surface area contributed by atoms with Gasteiger partial charge in [-0.05, 0) is 36.6 Å². The molecule has 0 spiro atoms. The maximum Gasteiger partial charge on any atom is 0.255 e. The van der Waals surface area contributed by atoms with E-state index in [1.54, 1.807) is 31.6 Å². The molecule has 0 aliphatic carbocycles. The van der Waals surface area contributed by atoms with Crippen molar-refractivity contribution in [2.45, 2.75) is 18.9 Å². The Bertz CT molecular complexity index is 687. The zero-order valence-electron chi connectivity index (χ0n) is 13.3. The SMILES string of the molecule is CNc1cc([C@@H]2CCCN2C(=O)c2ccc(OC)nc2)ccn1. The highest BCUT2D eigenvalue weighted by molar-refractivity contribution is 5.94. The molecule has 1 aliphatic rings. The van der Waals surface area contributed by atoms with Crippen LogP contribution in [0, 0.1) is 0 Å². The Morgan fingerprint density at radius 2 is 2.22 bits per heavy atom. The van der Waals surface area contributed by atoms with Crippen LogP contribution in [0.1, 0.15) is 34.8 Å². The third kappa shape index (κ3) is 3.11. The fraction of sp³-hybridized carbons (Fsp3) is 0.353. The van der Waals surface area contributed by atoms with E-state index in [1.165, 1.54) is 0 Å². The van der Waals surface area contributed by atoms with Crippen molar-refractivity contribution in [2.24, 2.45) is 0 Å². The molecule has 0 saturated carbocycles. The van der Waals surface area contributed by atoms with Crippen LogP contribution in [0.15, 0.2) is 36.7 Å². The highest BCUT2D eigenvalue weighted by atomic mass is 16.5. The molecule has 6 heteroatoms. The molecule has 6 nitrogen and oxygen atoms in total. The first-order valence-electron chi connectivity index (χ1n) is 7.67. The molecular weight excluding hydrogens is 292 g/mol. The molecule has 0 aromatic carbocycles. The predicted molar refractivity (Wildman–Crippen MR) is 87.6 cm³/mol. The van der Waals surface area contributed by atoms with Crippen LogP contribution in [0.25, 0.3) is 0 Å². The number of anilines is 1. The number of aromatic nitrogens is 2. The highest BCUT2D eigenvalue weighted by Crippen LogP contribution is 2.33. The van der Waals surface area contributed by atoms with Gasteiger partial charge >= 0.3 is 0 Å². The third-order valence-electron chi connectivity index (χ3n) is 4.13. The van der Waals surface area contributed by atoms with Gasteiger partial charge in [0.15, 0.2) is 0 Å². The lowest BCUT2D eigenvalue weighted by atomic mass is 10.1. The minimum atomic E-state index is 0.00507. The number of hydrogen-bond donors (Lipinski definition) is 1. The number of amides is 1. The number of carbonyl (C=O) groups excluding carboxylic acids is 1.